The predicted molar refractivity (Wildman–Crippen MR) is 64.5 cm³/mol. The molecule has 4 bridgehead atoms. The fourth-order valence-electron chi connectivity index (χ4n) is 5.38. The van der Waals surface area contributed by atoms with Crippen molar-refractivity contribution in [2.75, 3.05) is 0 Å². The molecule has 1 heteroatoms. The largest absolute Gasteiger partial charge is 0.198 e. The smallest absolute Gasteiger partial charge is 0.0621 e. The van der Waals surface area contributed by atoms with Gasteiger partial charge in [0.2, 0.25) is 0 Å². The van der Waals surface area contributed by atoms with Gasteiger partial charge in [-0.2, -0.15) is 5.26 Å². The van der Waals surface area contributed by atoms with E-state index >= 15 is 0 Å². The van der Waals surface area contributed by atoms with Gasteiger partial charge in [-0.15, -0.1) is 0 Å². The monoisotopic (exact) mass is 217 g/mol. The molecule has 4 rings (SSSR count). The molecule has 4 aliphatic carbocycles. The molecule has 0 aromatic rings. The van der Waals surface area contributed by atoms with Gasteiger partial charge in [0, 0.05) is 6.42 Å². The second-order valence-corrected chi connectivity index (χ2v) is 6.68. The van der Waals surface area contributed by atoms with Crippen LogP contribution >= 0.6 is 0 Å². The van der Waals surface area contributed by atoms with Gasteiger partial charge in [-0.25, -0.2) is 0 Å². The summed E-state index contributed by atoms with van der Waals surface area (Å²) in [6, 6.07) is 2.32. The van der Waals surface area contributed by atoms with Crippen molar-refractivity contribution in [1.82, 2.24) is 0 Å². The van der Waals surface area contributed by atoms with Gasteiger partial charge in [-0.1, -0.05) is 6.92 Å². The van der Waals surface area contributed by atoms with E-state index in [-0.39, 0.29) is 0 Å². The molecule has 0 amide bonds. The van der Waals surface area contributed by atoms with E-state index in [1.807, 2.05) is 0 Å². The SMILES string of the molecule is CC(CCC#N)C1C2CC3CC(C2)CC1C3. The lowest BCUT2D eigenvalue weighted by molar-refractivity contribution is -0.0595. The van der Waals surface area contributed by atoms with E-state index in [9.17, 15) is 0 Å². The van der Waals surface area contributed by atoms with Crippen molar-refractivity contribution in [3.8, 4) is 6.07 Å². The number of nitrogens with zero attached hydrogens (tertiary/aromatic N) is 1. The molecule has 0 aromatic heterocycles. The van der Waals surface area contributed by atoms with E-state index < -0.39 is 0 Å². The first-order chi connectivity index (χ1) is 7.78. The van der Waals surface area contributed by atoms with E-state index in [0.29, 0.717) is 0 Å². The third-order valence-corrected chi connectivity index (χ3v) is 5.67. The maximum absolute atomic E-state index is 8.72. The van der Waals surface area contributed by atoms with Gasteiger partial charge in [0.25, 0.3) is 0 Å². The molecule has 0 spiro atoms. The predicted octanol–water partition coefficient (Wildman–Crippen LogP) is 4.00. The van der Waals surface area contributed by atoms with Crippen LogP contribution in [0.1, 0.15) is 51.9 Å². The summed E-state index contributed by atoms with van der Waals surface area (Å²) in [6.07, 6.45) is 9.55. The minimum atomic E-state index is 0.768. The number of nitriles is 1. The second-order valence-electron chi connectivity index (χ2n) is 6.68. The molecule has 0 saturated heterocycles. The molecule has 88 valence electrons. The van der Waals surface area contributed by atoms with Gasteiger partial charge in [-0.05, 0) is 74.0 Å². The zero-order chi connectivity index (χ0) is 11.1. The fourth-order valence-corrected chi connectivity index (χ4v) is 5.38. The quantitative estimate of drug-likeness (QED) is 0.701. The first-order valence-electron chi connectivity index (χ1n) is 7.15. The van der Waals surface area contributed by atoms with E-state index in [1.54, 1.807) is 6.42 Å². The van der Waals surface area contributed by atoms with Crippen molar-refractivity contribution < 1.29 is 0 Å². The molecule has 4 fully saturated rings. The number of hydrogen-bond acceptors (Lipinski definition) is 1. The van der Waals surface area contributed by atoms with Crippen molar-refractivity contribution in [1.29, 1.82) is 5.26 Å². The summed E-state index contributed by atoms with van der Waals surface area (Å²) in [5.41, 5.74) is 0. The highest BCUT2D eigenvalue weighted by Crippen LogP contribution is 2.58. The van der Waals surface area contributed by atoms with E-state index in [1.165, 1.54) is 25.7 Å². The molecule has 4 aliphatic rings. The molecular formula is C15H23N. The Morgan fingerprint density at radius 3 is 2.12 bits per heavy atom. The van der Waals surface area contributed by atoms with Crippen LogP contribution in [0.15, 0.2) is 0 Å². The molecule has 0 radical (unpaired) electrons. The van der Waals surface area contributed by atoms with Crippen LogP contribution in [0.4, 0.5) is 0 Å². The van der Waals surface area contributed by atoms with Gasteiger partial charge < -0.3 is 0 Å². The minimum Gasteiger partial charge on any atom is -0.198 e. The highest BCUT2D eigenvalue weighted by atomic mass is 14.5. The molecular weight excluding hydrogens is 194 g/mol. The fraction of sp³-hybridized carbons (Fsp3) is 0.933. The molecule has 1 atom stereocenters. The van der Waals surface area contributed by atoms with Gasteiger partial charge in [-0.3, -0.25) is 0 Å². The van der Waals surface area contributed by atoms with Crippen LogP contribution in [0.3, 0.4) is 0 Å². The Hall–Kier alpha value is -0.510. The highest BCUT2D eigenvalue weighted by Gasteiger charge is 2.49. The van der Waals surface area contributed by atoms with Crippen LogP contribution in [0.5, 0.6) is 0 Å². The number of hydrogen-bond donors (Lipinski definition) is 0. The Morgan fingerprint density at radius 1 is 1.06 bits per heavy atom. The van der Waals surface area contributed by atoms with Gasteiger partial charge in [0.15, 0.2) is 0 Å². The maximum atomic E-state index is 8.72. The molecule has 16 heavy (non-hydrogen) atoms. The highest BCUT2D eigenvalue weighted by molar-refractivity contribution is 4.99. The molecule has 0 aromatic carbocycles. The summed E-state index contributed by atoms with van der Waals surface area (Å²) in [5, 5.41) is 8.72. The van der Waals surface area contributed by atoms with Crippen LogP contribution in [0.2, 0.25) is 0 Å². The Balaban J connectivity index is 1.69. The average Bonchev–Trinajstić information content (AvgIpc) is 2.24. The van der Waals surface area contributed by atoms with Crippen LogP contribution in [0, 0.1) is 46.8 Å². The zero-order valence-corrected chi connectivity index (χ0v) is 10.4. The maximum Gasteiger partial charge on any atom is 0.0621 e. The van der Waals surface area contributed by atoms with Gasteiger partial charge in [0.05, 0.1) is 6.07 Å². The molecule has 1 unspecified atom stereocenters. The molecule has 0 heterocycles. The second kappa shape index (κ2) is 4.06. The van der Waals surface area contributed by atoms with Crippen LogP contribution < -0.4 is 0 Å². The Morgan fingerprint density at radius 2 is 1.62 bits per heavy atom. The summed E-state index contributed by atoms with van der Waals surface area (Å²) < 4.78 is 0. The van der Waals surface area contributed by atoms with Crippen LogP contribution in [-0.2, 0) is 0 Å². The Labute approximate surface area is 99.2 Å². The molecule has 1 nitrogen and oxygen atoms in total. The topological polar surface area (TPSA) is 23.8 Å². The summed E-state index contributed by atoms with van der Waals surface area (Å²) in [4.78, 5) is 0. The molecule has 0 aliphatic heterocycles. The third kappa shape index (κ3) is 1.67. The van der Waals surface area contributed by atoms with Crippen molar-refractivity contribution in [3.63, 3.8) is 0 Å². The zero-order valence-electron chi connectivity index (χ0n) is 10.4. The summed E-state index contributed by atoms with van der Waals surface area (Å²) in [6.45, 7) is 2.41. The first-order valence-corrected chi connectivity index (χ1v) is 7.15. The van der Waals surface area contributed by atoms with E-state index in [4.69, 9.17) is 5.26 Å². The lowest BCUT2D eigenvalue weighted by Crippen LogP contribution is -2.47. The normalized spacial score (nSPS) is 46.6. The van der Waals surface area contributed by atoms with Crippen molar-refractivity contribution in [3.05, 3.63) is 0 Å². The minimum absolute atomic E-state index is 0.768. The summed E-state index contributed by atoms with van der Waals surface area (Å²) >= 11 is 0. The standard InChI is InChI=1S/C15H23N/c1-10(3-2-4-16)15-13-6-11-5-12(8-13)9-14(15)7-11/h10-15H,2-3,5-9H2,1H3. The van der Waals surface area contributed by atoms with Crippen LogP contribution in [-0.4, -0.2) is 0 Å². The van der Waals surface area contributed by atoms with Crippen LogP contribution in [0.25, 0.3) is 0 Å². The van der Waals surface area contributed by atoms with Crippen molar-refractivity contribution in [2.24, 2.45) is 35.5 Å². The number of rotatable bonds is 3. The Bertz CT molecular complexity index is 273. The summed E-state index contributed by atoms with van der Waals surface area (Å²) in [7, 11) is 0. The lowest BCUT2D eigenvalue weighted by atomic mass is 9.49. The Kier molecular flexibility index (Phi) is 2.70. The molecule has 0 N–H and O–H groups in total. The lowest BCUT2D eigenvalue weighted by Gasteiger charge is -2.56. The van der Waals surface area contributed by atoms with E-state index in [0.717, 1.165) is 48.3 Å². The van der Waals surface area contributed by atoms with Gasteiger partial charge in [0.1, 0.15) is 0 Å². The third-order valence-electron chi connectivity index (χ3n) is 5.67. The van der Waals surface area contributed by atoms with Crippen molar-refractivity contribution in [2.45, 2.75) is 51.9 Å². The average molecular weight is 217 g/mol. The van der Waals surface area contributed by atoms with E-state index in [2.05, 4.69) is 13.0 Å². The molecule has 4 saturated carbocycles. The van der Waals surface area contributed by atoms with Gasteiger partial charge >= 0.3 is 0 Å². The summed E-state index contributed by atoms with van der Waals surface area (Å²) in [5.74, 6) is 6.01. The van der Waals surface area contributed by atoms with Crippen molar-refractivity contribution >= 4 is 0 Å². The first kappa shape index (κ1) is 10.6.